The van der Waals surface area contributed by atoms with Crippen molar-refractivity contribution in [1.29, 1.82) is 0 Å². The van der Waals surface area contributed by atoms with Crippen LogP contribution >= 0.6 is 0 Å². The van der Waals surface area contributed by atoms with Crippen LogP contribution in [0.5, 0.6) is 0 Å². The van der Waals surface area contributed by atoms with E-state index < -0.39 is 0 Å². The van der Waals surface area contributed by atoms with Crippen molar-refractivity contribution in [2.75, 3.05) is 20.7 Å². The molecule has 0 bridgehead atoms. The van der Waals surface area contributed by atoms with Crippen molar-refractivity contribution in [1.82, 2.24) is 4.90 Å². The predicted molar refractivity (Wildman–Crippen MR) is 83.5 cm³/mol. The number of carbonyl (C=O) groups is 1. The van der Waals surface area contributed by atoms with Gasteiger partial charge in [0.05, 0.1) is 12.4 Å². The Balaban J connectivity index is 2.97. The van der Waals surface area contributed by atoms with Gasteiger partial charge in [0.15, 0.2) is 0 Å². The maximum absolute atomic E-state index is 11.9. The number of hydrogen-bond donors (Lipinski definition) is 0. The highest BCUT2D eigenvalue weighted by molar-refractivity contribution is 5.94. The van der Waals surface area contributed by atoms with Gasteiger partial charge in [-0.25, -0.2) is 0 Å². The van der Waals surface area contributed by atoms with E-state index in [1.165, 1.54) is 0 Å². The van der Waals surface area contributed by atoms with Crippen LogP contribution in [0.25, 0.3) is 5.57 Å². The molecule has 20 heavy (non-hydrogen) atoms. The molecule has 1 aromatic carbocycles. The smallest absolute Gasteiger partial charge is 0.253 e. The molecule has 0 aromatic heterocycles. The number of ether oxygens (including phenoxy) is 1. The van der Waals surface area contributed by atoms with Crippen LogP contribution in [0, 0.1) is 0 Å². The van der Waals surface area contributed by atoms with Gasteiger partial charge in [0.1, 0.15) is 0 Å². The molecule has 1 rings (SSSR count). The van der Waals surface area contributed by atoms with Crippen LogP contribution in [0.15, 0.2) is 42.2 Å². The number of benzene rings is 1. The number of nitrogens with zero attached hydrogens (tertiary/aromatic N) is 1. The second kappa shape index (κ2) is 7.53. The van der Waals surface area contributed by atoms with Crippen molar-refractivity contribution in [3.63, 3.8) is 0 Å². The molecule has 108 valence electrons. The van der Waals surface area contributed by atoms with Gasteiger partial charge in [0.2, 0.25) is 0 Å². The molecule has 0 spiro atoms. The summed E-state index contributed by atoms with van der Waals surface area (Å²) in [7, 11) is 3.51. The first-order valence-corrected chi connectivity index (χ1v) is 6.75. The molecule has 0 unspecified atom stereocenters. The van der Waals surface area contributed by atoms with E-state index in [-0.39, 0.29) is 5.91 Å². The van der Waals surface area contributed by atoms with Crippen molar-refractivity contribution >= 4 is 11.5 Å². The molecule has 0 aliphatic rings. The highest BCUT2D eigenvalue weighted by Crippen LogP contribution is 2.16. The van der Waals surface area contributed by atoms with Gasteiger partial charge in [0, 0.05) is 19.7 Å². The fourth-order valence-corrected chi connectivity index (χ4v) is 1.77. The monoisotopic (exact) mass is 273 g/mol. The number of amides is 1. The summed E-state index contributed by atoms with van der Waals surface area (Å²) in [5.74, 6) is 0.896. The van der Waals surface area contributed by atoms with E-state index in [0.29, 0.717) is 12.2 Å². The summed E-state index contributed by atoms with van der Waals surface area (Å²) < 4.78 is 5.38. The third-order valence-corrected chi connectivity index (χ3v) is 2.91. The van der Waals surface area contributed by atoms with E-state index in [9.17, 15) is 4.79 Å². The third-order valence-electron chi connectivity index (χ3n) is 2.91. The van der Waals surface area contributed by atoms with Crippen LogP contribution in [-0.2, 0) is 4.74 Å². The predicted octanol–water partition coefficient (Wildman–Crippen LogP) is 3.73. The molecule has 1 amide bonds. The number of allylic oxidation sites excluding steroid dienone is 4. The first kappa shape index (κ1) is 16.0. The molecular weight excluding hydrogens is 250 g/mol. The number of rotatable bonds is 5. The maximum atomic E-state index is 11.9. The minimum atomic E-state index is 0.0145. The zero-order chi connectivity index (χ0) is 15.1. The molecule has 0 aliphatic carbocycles. The summed E-state index contributed by atoms with van der Waals surface area (Å²) in [6, 6.07) is 7.66. The van der Waals surface area contributed by atoms with Crippen molar-refractivity contribution in [3.05, 3.63) is 53.3 Å². The van der Waals surface area contributed by atoms with Gasteiger partial charge in [-0.2, -0.15) is 0 Å². The fraction of sp³-hybridized carbons (Fsp3) is 0.353. The highest BCUT2D eigenvalue weighted by Gasteiger charge is 2.08. The zero-order valence-electron chi connectivity index (χ0n) is 12.9. The summed E-state index contributed by atoms with van der Waals surface area (Å²) in [5.41, 5.74) is 2.83. The molecule has 0 fully saturated rings. The van der Waals surface area contributed by atoms with Gasteiger partial charge in [-0.3, -0.25) is 4.79 Å². The molecular formula is C17H23NO2. The Kier molecular flexibility index (Phi) is 6.04. The van der Waals surface area contributed by atoms with Crippen molar-refractivity contribution < 1.29 is 9.53 Å². The topological polar surface area (TPSA) is 29.5 Å². The van der Waals surface area contributed by atoms with Crippen LogP contribution in [0.3, 0.4) is 0 Å². The Morgan fingerprint density at radius 1 is 1.20 bits per heavy atom. The highest BCUT2D eigenvalue weighted by atomic mass is 16.5. The summed E-state index contributed by atoms with van der Waals surface area (Å²) in [6.45, 7) is 6.58. The minimum absolute atomic E-state index is 0.0145. The molecule has 0 saturated carbocycles. The van der Waals surface area contributed by atoms with Gasteiger partial charge in [-0.15, -0.1) is 0 Å². The molecule has 0 saturated heterocycles. The maximum Gasteiger partial charge on any atom is 0.253 e. The van der Waals surface area contributed by atoms with E-state index in [1.54, 1.807) is 19.0 Å². The van der Waals surface area contributed by atoms with Gasteiger partial charge in [0.25, 0.3) is 5.91 Å². The molecule has 3 nitrogen and oxygen atoms in total. The SMILES string of the molecule is CCO/C(C)=C/C=C(\C)c1cccc(C(=O)N(C)C)c1. The lowest BCUT2D eigenvalue weighted by atomic mass is 10.0. The summed E-state index contributed by atoms with van der Waals surface area (Å²) in [6.07, 6.45) is 3.95. The lowest BCUT2D eigenvalue weighted by Crippen LogP contribution is -2.21. The number of carbonyl (C=O) groups excluding carboxylic acids is 1. The normalized spacial score (nSPS) is 12.2. The van der Waals surface area contributed by atoms with Gasteiger partial charge >= 0.3 is 0 Å². The van der Waals surface area contributed by atoms with E-state index in [2.05, 4.69) is 0 Å². The van der Waals surface area contributed by atoms with Crippen molar-refractivity contribution in [2.24, 2.45) is 0 Å². The van der Waals surface area contributed by atoms with E-state index in [1.807, 2.05) is 57.2 Å². The Morgan fingerprint density at radius 3 is 2.45 bits per heavy atom. The fourth-order valence-electron chi connectivity index (χ4n) is 1.77. The molecule has 0 N–H and O–H groups in total. The Hall–Kier alpha value is -2.03. The third kappa shape index (κ3) is 4.57. The summed E-state index contributed by atoms with van der Waals surface area (Å²) in [5, 5.41) is 0. The van der Waals surface area contributed by atoms with Crippen LogP contribution in [0.1, 0.15) is 36.7 Å². The molecule has 0 aliphatic heterocycles. The van der Waals surface area contributed by atoms with Gasteiger partial charge in [-0.1, -0.05) is 18.2 Å². The van der Waals surface area contributed by atoms with Crippen LogP contribution in [0.4, 0.5) is 0 Å². The van der Waals surface area contributed by atoms with E-state index in [4.69, 9.17) is 4.74 Å². The quantitative estimate of drug-likeness (QED) is 0.604. The molecule has 0 heterocycles. The Bertz CT molecular complexity index is 528. The summed E-state index contributed by atoms with van der Waals surface area (Å²) in [4.78, 5) is 13.5. The largest absolute Gasteiger partial charge is 0.499 e. The van der Waals surface area contributed by atoms with Crippen molar-refractivity contribution in [3.8, 4) is 0 Å². The lowest BCUT2D eigenvalue weighted by molar-refractivity contribution is 0.0827. The molecule has 3 heteroatoms. The second-order valence-corrected chi connectivity index (χ2v) is 4.84. The van der Waals surface area contributed by atoms with Crippen LogP contribution in [0.2, 0.25) is 0 Å². The average Bonchev–Trinajstić information content (AvgIpc) is 2.44. The van der Waals surface area contributed by atoms with Crippen molar-refractivity contribution in [2.45, 2.75) is 20.8 Å². The average molecular weight is 273 g/mol. The number of hydrogen-bond acceptors (Lipinski definition) is 2. The summed E-state index contributed by atoms with van der Waals surface area (Å²) >= 11 is 0. The standard InChI is InChI=1S/C17H23NO2/c1-6-20-14(3)11-10-13(2)15-8-7-9-16(12-15)17(19)18(4)5/h7-12H,6H2,1-5H3/b13-10+,14-11+. The van der Waals surface area contributed by atoms with Gasteiger partial charge < -0.3 is 9.64 Å². The molecule has 0 radical (unpaired) electrons. The minimum Gasteiger partial charge on any atom is -0.499 e. The van der Waals surface area contributed by atoms with Crippen LogP contribution < -0.4 is 0 Å². The molecule has 0 atom stereocenters. The van der Waals surface area contributed by atoms with E-state index >= 15 is 0 Å². The second-order valence-electron chi connectivity index (χ2n) is 4.84. The van der Waals surface area contributed by atoms with Gasteiger partial charge in [-0.05, 0) is 50.1 Å². The Labute approximate surface area is 121 Å². The van der Waals surface area contributed by atoms with E-state index in [0.717, 1.165) is 16.9 Å². The van der Waals surface area contributed by atoms with Crippen LogP contribution in [-0.4, -0.2) is 31.5 Å². The molecule has 1 aromatic rings. The first-order chi connectivity index (χ1) is 9.45. The first-order valence-electron chi connectivity index (χ1n) is 6.75. The Morgan fingerprint density at radius 2 is 1.85 bits per heavy atom. The lowest BCUT2D eigenvalue weighted by Gasteiger charge is -2.11. The zero-order valence-corrected chi connectivity index (χ0v) is 12.9.